The third-order valence-electron chi connectivity index (χ3n) is 4.60. The van der Waals surface area contributed by atoms with Gasteiger partial charge >= 0.3 is 6.36 Å². The van der Waals surface area contributed by atoms with Gasteiger partial charge in [0.2, 0.25) is 5.91 Å². The summed E-state index contributed by atoms with van der Waals surface area (Å²) < 4.78 is 46.6. The number of aryl methyl sites for hydroxylation is 1. The van der Waals surface area contributed by atoms with Crippen molar-refractivity contribution in [1.29, 1.82) is 0 Å². The first-order valence-electron chi connectivity index (χ1n) is 8.46. The van der Waals surface area contributed by atoms with Crippen LogP contribution < -0.4 is 14.8 Å². The van der Waals surface area contributed by atoms with Crippen molar-refractivity contribution in [2.24, 2.45) is 0 Å². The second kappa shape index (κ2) is 7.05. The van der Waals surface area contributed by atoms with Gasteiger partial charge in [-0.15, -0.1) is 13.2 Å². The minimum absolute atomic E-state index is 0.0518. The van der Waals surface area contributed by atoms with Gasteiger partial charge in [-0.05, 0) is 48.2 Å². The van der Waals surface area contributed by atoms with Crippen LogP contribution in [0.3, 0.4) is 0 Å². The molecule has 1 aliphatic carbocycles. The average molecular weight is 409 g/mol. The smallest absolute Gasteiger partial charge is 0.457 e. The monoisotopic (exact) mass is 409 g/mol. The van der Waals surface area contributed by atoms with Crippen LogP contribution in [0.1, 0.15) is 23.5 Å². The molecule has 4 rings (SSSR count). The normalized spacial score (nSPS) is 21.4. The van der Waals surface area contributed by atoms with Gasteiger partial charge in [0, 0.05) is 12.0 Å². The Labute approximate surface area is 162 Å². The van der Waals surface area contributed by atoms with Gasteiger partial charge in [-0.1, -0.05) is 23.9 Å². The molecule has 0 spiro atoms. The minimum atomic E-state index is -4.77. The molecule has 9 heteroatoms. The highest BCUT2D eigenvalue weighted by Gasteiger charge is 2.41. The van der Waals surface area contributed by atoms with E-state index in [0.717, 1.165) is 41.8 Å². The summed E-state index contributed by atoms with van der Waals surface area (Å²) in [6.45, 7) is 0. The van der Waals surface area contributed by atoms with Crippen molar-refractivity contribution in [1.82, 2.24) is 5.32 Å². The number of halogens is 3. The fourth-order valence-electron chi connectivity index (χ4n) is 3.51. The van der Waals surface area contributed by atoms with Crippen LogP contribution in [-0.2, 0) is 11.2 Å². The number of rotatable bonds is 4. The third kappa shape index (κ3) is 3.94. The van der Waals surface area contributed by atoms with E-state index in [1.165, 1.54) is 18.2 Å². The molecule has 28 heavy (non-hydrogen) atoms. The predicted octanol–water partition coefficient (Wildman–Crippen LogP) is 4.76. The van der Waals surface area contributed by atoms with Gasteiger partial charge in [0.05, 0.1) is 0 Å². The van der Waals surface area contributed by atoms with Crippen molar-refractivity contribution in [2.45, 2.75) is 30.4 Å². The second-order valence-electron chi connectivity index (χ2n) is 6.45. The number of carbonyl (C=O) groups is 2. The quantitative estimate of drug-likeness (QED) is 0.789. The van der Waals surface area contributed by atoms with E-state index in [4.69, 9.17) is 4.74 Å². The van der Waals surface area contributed by atoms with E-state index in [1.807, 2.05) is 12.1 Å². The lowest BCUT2D eigenvalue weighted by atomic mass is 9.97. The number of hydrogen-bond donors (Lipinski definition) is 1. The number of thioether (sulfide) groups is 1. The summed E-state index contributed by atoms with van der Waals surface area (Å²) in [5, 5.41) is 1.55. The maximum absolute atomic E-state index is 12.4. The fraction of sp³-hybridized carbons (Fsp3) is 0.263. The van der Waals surface area contributed by atoms with E-state index in [2.05, 4.69) is 10.1 Å². The highest BCUT2D eigenvalue weighted by Crippen LogP contribution is 2.43. The Bertz CT molecular complexity index is 947. The maximum Gasteiger partial charge on any atom is 0.573 e. The molecule has 0 bridgehead atoms. The van der Waals surface area contributed by atoms with Crippen molar-refractivity contribution < 1.29 is 32.2 Å². The maximum atomic E-state index is 12.4. The van der Waals surface area contributed by atoms with Crippen LogP contribution in [0.15, 0.2) is 42.5 Å². The van der Waals surface area contributed by atoms with Crippen molar-refractivity contribution in [3.8, 4) is 17.2 Å². The SMILES string of the molecule is O=C1NC(=O)C(C2CCc3cc(Oc4cccc(OC(F)(F)F)c4)ccc32)S1. The third-order valence-corrected chi connectivity index (χ3v) is 5.71. The van der Waals surface area contributed by atoms with Gasteiger partial charge in [-0.2, -0.15) is 0 Å². The first-order valence-corrected chi connectivity index (χ1v) is 9.34. The molecule has 2 unspecified atom stereocenters. The van der Waals surface area contributed by atoms with Gasteiger partial charge < -0.3 is 9.47 Å². The van der Waals surface area contributed by atoms with Gasteiger partial charge in [0.15, 0.2) is 0 Å². The van der Waals surface area contributed by atoms with Crippen molar-refractivity contribution in [2.75, 3.05) is 0 Å². The summed E-state index contributed by atoms with van der Waals surface area (Å²) in [6, 6.07) is 10.7. The van der Waals surface area contributed by atoms with E-state index in [9.17, 15) is 22.8 Å². The van der Waals surface area contributed by atoms with Gasteiger partial charge in [0.25, 0.3) is 5.24 Å². The lowest BCUT2D eigenvalue weighted by molar-refractivity contribution is -0.274. The zero-order valence-corrected chi connectivity index (χ0v) is 15.1. The van der Waals surface area contributed by atoms with E-state index in [-0.39, 0.29) is 28.6 Å². The number of benzene rings is 2. The molecule has 0 aromatic heterocycles. The molecule has 1 heterocycles. The zero-order chi connectivity index (χ0) is 19.9. The number of carbonyl (C=O) groups excluding carboxylic acids is 2. The number of nitrogens with one attached hydrogen (secondary N) is 1. The molecule has 0 radical (unpaired) electrons. The summed E-state index contributed by atoms with van der Waals surface area (Å²) in [6.07, 6.45) is -3.30. The zero-order valence-electron chi connectivity index (χ0n) is 14.3. The van der Waals surface area contributed by atoms with Crippen LogP contribution in [0.25, 0.3) is 0 Å². The molecule has 2 amide bonds. The van der Waals surface area contributed by atoms with Crippen LogP contribution in [-0.4, -0.2) is 22.8 Å². The summed E-state index contributed by atoms with van der Waals surface area (Å²) >= 11 is 1.01. The molecule has 5 nitrogen and oxygen atoms in total. The first kappa shape index (κ1) is 18.7. The highest BCUT2D eigenvalue weighted by molar-refractivity contribution is 8.15. The minimum Gasteiger partial charge on any atom is -0.457 e. The molecular formula is C19H14F3NO4S. The van der Waals surface area contributed by atoms with Crippen LogP contribution in [0.4, 0.5) is 18.0 Å². The molecule has 1 N–H and O–H groups in total. The van der Waals surface area contributed by atoms with Gasteiger partial charge in [0.1, 0.15) is 22.5 Å². The number of amides is 2. The summed E-state index contributed by atoms with van der Waals surface area (Å²) in [5.41, 5.74) is 1.99. The molecule has 2 atom stereocenters. The largest absolute Gasteiger partial charge is 0.573 e. The first-order chi connectivity index (χ1) is 13.3. The summed E-state index contributed by atoms with van der Waals surface area (Å²) in [5.74, 6) is 0.00885. The van der Waals surface area contributed by atoms with Gasteiger partial charge in [-0.25, -0.2) is 0 Å². The Hall–Kier alpha value is -2.68. The van der Waals surface area contributed by atoms with Crippen LogP contribution in [0.2, 0.25) is 0 Å². The van der Waals surface area contributed by atoms with Gasteiger partial charge in [-0.3, -0.25) is 14.9 Å². The predicted molar refractivity (Wildman–Crippen MR) is 95.6 cm³/mol. The molecule has 146 valence electrons. The molecule has 1 aliphatic heterocycles. The van der Waals surface area contributed by atoms with Crippen LogP contribution in [0.5, 0.6) is 17.2 Å². The number of imide groups is 1. The number of ether oxygens (including phenoxy) is 2. The van der Waals surface area contributed by atoms with E-state index in [1.54, 1.807) is 6.07 Å². The average Bonchev–Trinajstić information content (AvgIpc) is 3.15. The fourth-order valence-corrected chi connectivity index (χ4v) is 4.51. The lowest BCUT2D eigenvalue weighted by Crippen LogP contribution is -2.27. The Morgan fingerprint density at radius 3 is 2.50 bits per heavy atom. The van der Waals surface area contributed by atoms with Crippen LogP contribution in [0, 0.1) is 0 Å². The lowest BCUT2D eigenvalue weighted by Gasteiger charge is -2.16. The summed E-state index contributed by atoms with van der Waals surface area (Å²) in [7, 11) is 0. The highest BCUT2D eigenvalue weighted by atomic mass is 32.2. The number of alkyl halides is 3. The molecule has 2 aliphatic rings. The van der Waals surface area contributed by atoms with Crippen molar-refractivity contribution in [3.05, 3.63) is 53.6 Å². The van der Waals surface area contributed by atoms with Crippen LogP contribution >= 0.6 is 11.8 Å². The Balaban J connectivity index is 1.51. The molecule has 2 aromatic carbocycles. The molecule has 1 fully saturated rings. The van der Waals surface area contributed by atoms with E-state index in [0.29, 0.717) is 5.75 Å². The standard InChI is InChI=1S/C19H14F3NO4S/c20-19(21,22)27-13-3-1-2-11(9-13)26-12-5-7-14-10(8-12)4-6-15(14)16-17(24)23-18(25)28-16/h1-3,5,7-9,15-16H,4,6H2,(H,23,24,25). The summed E-state index contributed by atoms with van der Waals surface area (Å²) in [4.78, 5) is 23.4. The number of fused-ring (bicyclic) bond motifs is 1. The van der Waals surface area contributed by atoms with Crippen molar-refractivity contribution in [3.63, 3.8) is 0 Å². The Morgan fingerprint density at radius 1 is 1.04 bits per heavy atom. The Morgan fingerprint density at radius 2 is 1.79 bits per heavy atom. The second-order valence-corrected chi connectivity index (χ2v) is 7.56. The number of hydrogen-bond acceptors (Lipinski definition) is 5. The molecular weight excluding hydrogens is 395 g/mol. The molecule has 0 saturated carbocycles. The van der Waals surface area contributed by atoms with E-state index < -0.39 is 11.6 Å². The molecule has 1 saturated heterocycles. The van der Waals surface area contributed by atoms with E-state index >= 15 is 0 Å². The van der Waals surface area contributed by atoms with Crippen molar-refractivity contribution >= 4 is 22.9 Å². The Kier molecular flexibility index (Phi) is 4.70. The molecule has 2 aromatic rings. The topological polar surface area (TPSA) is 64.6 Å².